The van der Waals surface area contributed by atoms with Crippen LogP contribution in [0.4, 0.5) is 0 Å². The third kappa shape index (κ3) is 3.42. The lowest BCUT2D eigenvalue weighted by atomic mass is 10.1. The van der Waals surface area contributed by atoms with Crippen LogP contribution >= 0.6 is 7.92 Å². The average molecular weight is 263 g/mol. The minimum Gasteiger partial charge on any atom is -0.305 e. The fourth-order valence-electron chi connectivity index (χ4n) is 2.71. The van der Waals surface area contributed by atoms with Crippen LogP contribution < -0.4 is 5.30 Å². The van der Waals surface area contributed by atoms with Crippen LogP contribution in [0.2, 0.25) is 0 Å². The summed E-state index contributed by atoms with van der Waals surface area (Å²) in [5.74, 6) is 0. The Morgan fingerprint density at radius 2 is 1.39 bits per heavy atom. The molecule has 0 heterocycles. The predicted molar refractivity (Wildman–Crippen MR) is 85.0 cm³/mol. The van der Waals surface area contributed by atoms with Crippen molar-refractivity contribution in [3.8, 4) is 0 Å². The molecule has 0 radical (unpaired) electrons. The topological polar surface area (TPSA) is 23.9 Å². The van der Waals surface area contributed by atoms with Crippen LogP contribution in [0.1, 0.15) is 54.0 Å². The molecule has 0 aliphatic heterocycles. The highest BCUT2D eigenvalue weighted by Gasteiger charge is 2.36. The van der Waals surface area contributed by atoms with Gasteiger partial charge >= 0.3 is 0 Å². The molecule has 0 atom stereocenters. The van der Waals surface area contributed by atoms with Crippen LogP contribution in [0, 0.1) is 5.41 Å². The van der Waals surface area contributed by atoms with Gasteiger partial charge in [0.2, 0.25) is 0 Å². The van der Waals surface area contributed by atoms with Gasteiger partial charge in [-0.3, -0.25) is 0 Å². The lowest BCUT2D eigenvalue weighted by Crippen LogP contribution is -2.33. The van der Waals surface area contributed by atoms with E-state index in [0.29, 0.717) is 5.71 Å². The number of rotatable bonds is 2. The predicted octanol–water partition coefficient (Wildman–Crippen LogP) is 4.78. The van der Waals surface area contributed by atoms with Gasteiger partial charge in [-0.1, -0.05) is 73.7 Å². The minimum absolute atomic E-state index is 0.249. The van der Waals surface area contributed by atoms with Gasteiger partial charge in [-0.15, -0.1) is 0 Å². The van der Waals surface area contributed by atoms with Gasteiger partial charge in [0.25, 0.3) is 0 Å². The van der Waals surface area contributed by atoms with Crippen molar-refractivity contribution in [2.45, 2.75) is 58.8 Å². The van der Waals surface area contributed by atoms with Crippen LogP contribution in [0.25, 0.3) is 0 Å². The Hall–Kier alpha value is -0.680. The molecule has 0 fully saturated rings. The fraction of sp³-hybridized carbons (Fsp3) is 0.562. The first-order chi connectivity index (χ1) is 8.05. The van der Waals surface area contributed by atoms with Gasteiger partial charge in [0.1, 0.15) is 0 Å². The van der Waals surface area contributed by atoms with Gasteiger partial charge < -0.3 is 5.41 Å². The van der Waals surface area contributed by atoms with Crippen LogP contribution in [0.3, 0.4) is 0 Å². The van der Waals surface area contributed by atoms with Crippen molar-refractivity contribution in [2.75, 3.05) is 0 Å². The van der Waals surface area contributed by atoms with Crippen molar-refractivity contribution in [3.63, 3.8) is 0 Å². The number of hydrogen-bond donors (Lipinski definition) is 1. The highest BCUT2D eigenvalue weighted by atomic mass is 31.1. The summed E-state index contributed by atoms with van der Waals surface area (Å²) in [5.41, 5.74) is 1.79. The SMILES string of the molecule is CC(=N)c1ccccc1P(C(C)(C)C)C(C)(C)C. The molecule has 0 saturated heterocycles. The highest BCUT2D eigenvalue weighted by Crippen LogP contribution is 2.58. The highest BCUT2D eigenvalue weighted by molar-refractivity contribution is 7.68. The van der Waals surface area contributed by atoms with Crippen molar-refractivity contribution in [1.82, 2.24) is 0 Å². The molecule has 0 aliphatic rings. The first kappa shape index (κ1) is 15.4. The van der Waals surface area contributed by atoms with E-state index >= 15 is 0 Å². The molecule has 2 heteroatoms. The van der Waals surface area contributed by atoms with Crippen LogP contribution in [0.15, 0.2) is 24.3 Å². The van der Waals surface area contributed by atoms with Gasteiger partial charge in [0.05, 0.1) is 0 Å². The maximum absolute atomic E-state index is 7.99. The molecular weight excluding hydrogens is 237 g/mol. The van der Waals surface area contributed by atoms with E-state index in [1.165, 1.54) is 5.30 Å². The van der Waals surface area contributed by atoms with E-state index < -0.39 is 0 Å². The number of benzene rings is 1. The maximum Gasteiger partial charge on any atom is 0.0361 e. The van der Waals surface area contributed by atoms with Crippen LogP contribution in [-0.2, 0) is 0 Å². The molecule has 1 aromatic rings. The quantitative estimate of drug-likeness (QED) is 0.586. The molecule has 1 aromatic carbocycles. The zero-order valence-corrected chi connectivity index (χ0v) is 13.7. The Kier molecular flexibility index (Phi) is 4.38. The third-order valence-corrected chi connectivity index (χ3v) is 6.45. The monoisotopic (exact) mass is 263 g/mol. The second-order valence-corrected chi connectivity index (χ2v) is 10.7. The minimum atomic E-state index is -0.332. The van der Waals surface area contributed by atoms with E-state index in [1.54, 1.807) is 0 Å². The first-order valence-electron chi connectivity index (χ1n) is 6.50. The molecule has 0 aromatic heterocycles. The van der Waals surface area contributed by atoms with Crippen molar-refractivity contribution in [3.05, 3.63) is 29.8 Å². The molecule has 0 saturated carbocycles. The third-order valence-electron chi connectivity index (χ3n) is 2.89. The lowest BCUT2D eigenvalue weighted by molar-refractivity contribution is 0.715. The normalized spacial score (nSPS) is 12.9. The Morgan fingerprint density at radius 1 is 0.944 bits per heavy atom. The Balaban J connectivity index is 3.45. The molecule has 0 bridgehead atoms. The maximum atomic E-state index is 7.99. The van der Waals surface area contributed by atoms with E-state index in [0.717, 1.165) is 5.56 Å². The number of hydrogen-bond acceptors (Lipinski definition) is 1. The summed E-state index contributed by atoms with van der Waals surface area (Å²) in [7, 11) is -0.332. The van der Waals surface area contributed by atoms with Crippen LogP contribution in [0.5, 0.6) is 0 Å². The molecule has 1 rings (SSSR count). The summed E-state index contributed by atoms with van der Waals surface area (Å²) >= 11 is 0. The molecule has 0 spiro atoms. The Labute approximate surface area is 113 Å². The van der Waals surface area contributed by atoms with Gasteiger partial charge in [0, 0.05) is 11.3 Å². The van der Waals surface area contributed by atoms with Crippen molar-refractivity contribution >= 4 is 18.9 Å². The van der Waals surface area contributed by atoms with Gasteiger partial charge in [-0.2, -0.15) is 0 Å². The van der Waals surface area contributed by atoms with Crippen LogP contribution in [-0.4, -0.2) is 16.0 Å². The van der Waals surface area contributed by atoms with E-state index in [9.17, 15) is 0 Å². The fourth-order valence-corrected chi connectivity index (χ4v) is 6.89. The summed E-state index contributed by atoms with van der Waals surface area (Å²) in [4.78, 5) is 0. The van der Waals surface area contributed by atoms with Crippen molar-refractivity contribution < 1.29 is 0 Å². The zero-order chi connectivity index (χ0) is 14.1. The summed E-state index contributed by atoms with van der Waals surface area (Å²) < 4.78 is 0. The molecule has 0 aliphatic carbocycles. The van der Waals surface area contributed by atoms with Gasteiger partial charge in [-0.25, -0.2) is 0 Å². The second kappa shape index (κ2) is 5.13. The zero-order valence-electron chi connectivity index (χ0n) is 12.8. The summed E-state index contributed by atoms with van der Waals surface area (Å²) in [6.45, 7) is 15.8. The van der Waals surface area contributed by atoms with E-state index in [-0.39, 0.29) is 18.2 Å². The summed E-state index contributed by atoms with van der Waals surface area (Å²) in [5, 5.41) is 9.86. The number of nitrogens with one attached hydrogen (secondary N) is 1. The smallest absolute Gasteiger partial charge is 0.0361 e. The first-order valence-corrected chi connectivity index (χ1v) is 7.84. The molecule has 100 valence electrons. The summed E-state index contributed by atoms with van der Waals surface area (Å²) in [6, 6.07) is 8.45. The summed E-state index contributed by atoms with van der Waals surface area (Å²) in [6.07, 6.45) is 0. The molecule has 18 heavy (non-hydrogen) atoms. The van der Waals surface area contributed by atoms with E-state index in [1.807, 2.05) is 13.0 Å². The van der Waals surface area contributed by atoms with Crippen molar-refractivity contribution in [2.24, 2.45) is 0 Å². The second-order valence-electron chi connectivity index (χ2n) is 6.82. The molecule has 1 N–H and O–H groups in total. The largest absolute Gasteiger partial charge is 0.305 e. The van der Waals surface area contributed by atoms with Gasteiger partial charge in [0.15, 0.2) is 0 Å². The van der Waals surface area contributed by atoms with E-state index in [2.05, 4.69) is 59.7 Å². The molecule has 0 unspecified atom stereocenters. The Morgan fingerprint density at radius 3 is 1.78 bits per heavy atom. The lowest BCUT2D eigenvalue weighted by Gasteiger charge is -2.42. The van der Waals surface area contributed by atoms with Crippen molar-refractivity contribution in [1.29, 1.82) is 5.41 Å². The molecule has 1 nitrogen and oxygen atoms in total. The Bertz CT molecular complexity index is 421. The molecular formula is C16H26NP. The van der Waals surface area contributed by atoms with Gasteiger partial charge in [-0.05, 0) is 22.5 Å². The average Bonchev–Trinajstić information content (AvgIpc) is 2.13. The standard InChI is InChI=1S/C16H26NP/c1-12(17)13-10-8-9-11-14(13)18(15(2,3)4)16(5,6)7/h8-11,17H,1-7H3. The van der Waals surface area contributed by atoms with E-state index in [4.69, 9.17) is 5.41 Å². The molecule has 0 amide bonds.